The maximum atomic E-state index is 11.1. The van der Waals surface area contributed by atoms with Gasteiger partial charge in [-0.3, -0.25) is 4.79 Å². The van der Waals surface area contributed by atoms with Crippen LogP contribution in [-0.4, -0.2) is 0 Å². The molecule has 0 unspecified atom stereocenters. The molecular weight excluding hydrogens is 140 g/mol. The number of benzene rings is 1. The van der Waals surface area contributed by atoms with Crippen LogP contribution in [0.3, 0.4) is 0 Å². The molecule has 11 heavy (non-hydrogen) atoms. The molecular formula is C9H5O2. The maximum Gasteiger partial charge on any atom is 0.190 e. The third-order valence-corrected chi connectivity index (χ3v) is 1.54. The summed E-state index contributed by atoms with van der Waals surface area (Å²) in [6.45, 7) is 0. The summed E-state index contributed by atoms with van der Waals surface area (Å²) in [5, 5.41) is 0. The van der Waals surface area contributed by atoms with E-state index in [1.165, 1.54) is 18.6 Å². The summed E-state index contributed by atoms with van der Waals surface area (Å²) in [5.41, 5.74) is 1.42. The summed E-state index contributed by atoms with van der Waals surface area (Å²) >= 11 is 0. The van der Waals surface area contributed by atoms with Gasteiger partial charge in [-0.05, 0) is 29.8 Å². The lowest BCUT2D eigenvalue weighted by Gasteiger charge is -1.98. The first kappa shape index (κ1) is 6.16. The first-order chi connectivity index (χ1) is 5.38. The van der Waals surface area contributed by atoms with E-state index in [4.69, 9.17) is 4.42 Å². The molecule has 1 aliphatic heterocycles. The molecule has 2 nitrogen and oxygen atoms in total. The average molecular weight is 145 g/mol. The molecule has 0 saturated heterocycles. The number of hydrogen-bond donors (Lipinski definition) is 0. The number of hydrogen-bond acceptors (Lipinski definition) is 2. The summed E-state index contributed by atoms with van der Waals surface area (Å²) in [4.78, 5) is 11.1. The topological polar surface area (TPSA) is 30.2 Å². The van der Waals surface area contributed by atoms with Crippen molar-refractivity contribution < 1.29 is 4.42 Å². The second-order valence-electron chi connectivity index (χ2n) is 2.25. The van der Waals surface area contributed by atoms with Crippen LogP contribution >= 0.6 is 0 Å². The van der Waals surface area contributed by atoms with Gasteiger partial charge in [-0.1, -0.05) is 0 Å². The quantitative estimate of drug-likeness (QED) is 0.563. The van der Waals surface area contributed by atoms with Crippen LogP contribution in [0.2, 0.25) is 0 Å². The Bertz CT molecular complexity index is 389. The van der Waals surface area contributed by atoms with E-state index in [1.807, 2.05) is 0 Å². The predicted octanol–water partition coefficient (Wildman–Crippen LogP) is 1.54. The van der Waals surface area contributed by atoms with Gasteiger partial charge in [-0.2, -0.15) is 0 Å². The molecule has 2 aliphatic rings. The van der Waals surface area contributed by atoms with Crippen molar-refractivity contribution in [1.29, 1.82) is 0 Å². The summed E-state index contributed by atoms with van der Waals surface area (Å²) in [7, 11) is 0. The molecule has 0 bridgehead atoms. The molecule has 1 radical (unpaired) electrons. The fraction of sp³-hybridized carbons (Fsp3) is 0. The molecule has 0 fully saturated rings. The van der Waals surface area contributed by atoms with E-state index in [-0.39, 0.29) is 5.43 Å². The van der Waals surface area contributed by atoms with E-state index in [1.54, 1.807) is 12.1 Å². The molecule has 0 amide bonds. The zero-order valence-electron chi connectivity index (χ0n) is 5.70. The van der Waals surface area contributed by atoms with E-state index in [0.29, 0.717) is 5.56 Å². The Hall–Kier alpha value is -1.57. The van der Waals surface area contributed by atoms with Gasteiger partial charge in [-0.15, -0.1) is 0 Å². The van der Waals surface area contributed by atoms with Crippen LogP contribution in [-0.2, 0) is 0 Å². The Morgan fingerprint density at radius 1 is 1.36 bits per heavy atom. The van der Waals surface area contributed by atoms with Crippen molar-refractivity contribution >= 4 is 0 Å². The van der Waals surface area contributed by atoms with Crippen molar-refractivity contribution in [1.82, 2.24) is 0 Å². The van der Waals surface area contributed by atoms with E-state index < -0.39 is 0 Å². The van der Waals surface area contributed by atoms with Crippen molar-refractivity contribution in [2.45, 2.75) is 0 Å². The minimum atomic E-state index is -0.0492. The first-order valence-corrected chi connectivity index (χ1v) is 3.24. The van der Waals surface area contributed by atoms with Gasteiger partial charge in [0.2, 0.25) is 0 Å². The summed E-state index contributed by atoms with van der Waals surface area (Å²) in [5.74, 6) is 0. The summed E-state index contributed by atoms with van der Waals surface area (Å²) < 4.78 is 4.86. The molecule has 0 N–H and O–H groups in total. The highest BCUT2D eigenvalue weighted by atomic mass is 16.3. The van der Waals surface area contributed by atoms with Crippen LogP contribution in [0.5, 0.6) is 0 Å². The maximum absolute atomic E-state index is 11.1. The average Bonchev–Trinajstić information content (AvgIpc) is 2.06. The molecule has 2 rings (SSSR count). The van der Waals surface area contributed by atoms with Crippen molar-refractivity contribution in [2.24, 2.45) is 0 Å². The van der Waals surface area contributed by atoms with Crippen molar-refractivity contribution in [3.8, 4) is 11.1 Å². The summed E-state index contributed by atoms with van der Waals surface area (Å²) in [6, 6.07) is 7.65. The molecule has 0 atom stereocenters. The zero-order valence-corrected chi connectivity index (χ0v) is 5.70. The SMILES string of the molecule is O=c1c[c]cc2ccocc1-2. The van der Waals surface area contributed by atoms with Gasteiger partial charge < -0.3 is 4.42 Å². The highest BCUT2D eigenvalue weighted by Gasteiger charge is 2.02. The van der Waals surface area contributed by atoms with Crippen LogP contribution in [0.15, 0.2) is 39.9 Å². The smallest absolute Gasteiger partial charge is 0.190 e. The second-order valence-corrected chi connectivity index (χ2v) is 2.25. The van der Waals surface area contributed by atoms with Gasteiger partial charge in [0.25, 0.3) is 0 Å². The molecule has 0 aromatic heterocycles. The molecule has 1 heterocycles. The number of rotatable bonds is 0. The Morgan fingerprint density at radius 2 is 2.27 bits per heavy atom. The normalized spacial score (nSPS) is 10.2. The molecule has 0 aromatic carbocycles. The predicted molar refractivity (Wildman–Crippen MR) is 40.4 cm³/mol. The highest BCUT2D eigenvalue weighted by Crippen LogP contribution is 2.14. The lowest BCUT2D eigenvalue weighted by molar-refractivity contribution is 0.551. The van der Waals surface area contributed by atoms with Crippen LogP contribution in [0.1, 0.15) is 0 Å². The van der Waals surface area contributed by atoms with Gasteiger partial charge in [0, 0.05) is 0 Å². The fourth-order valence-corrected chi connectivity index (χ4v) is 0.989. The van der Waals surface area contributed by atoms with Gasteiger partial charge in [-0.25, -0.2) is 0 Å². The van der Waals surface area contributed by atoms with Crippen molar-refractivity contribution in [2.75, 3.05) is 0 Å². The second kappa shape index (κ2) is 2.23. The van der Waals surface area contributed by atoms with Crippen molar-refractivity contribution in [3.05, 3.63) is 47.0 Å². The fourth-order valence-electron chi connectivity index (χ4n) is 0.989. The third-order valence-electron chi connectivity index (χ3n) is 1.54. The van der Waals surface area contributed by atoms with E-state index >= 15 is 0 Å². The van der Waals surface area contributed by atoms with Crippen LogP contribution in [0.4, 0.5) is 0 Å². The minimum absolute atomic E-state index is 0.0492. The lowest BCUT2D eigenvalue weighted by atomic mass is 10.1. The highest BCUT2D eigenvalue weighted by molar-refractivity contribution is 5.61. The Balaban J connectivity index is 2.90. The standard InChI is InChI=1S/C9H5O2/c10-9-3-1-2-7-4-5-11-6-8(7)9/h2-6H. The minimum Gasteiger partial charge on any atom is -0.472 e. The van der Waals surface area contributed by atoms with Crippen LogP contribution < -0.4 is 5.43 Å². The van der Waals surface area contributed by atoms with Gasteiger partial charge in [0.15, 0.2) is 5.43 Å². The molecule has 0 saturated carbocycles. The van der Waals surface area contributed by atoms with Crippen LogP contribution in [0.25, 0.3) is 11.1 Å². The number of fused-ring (bicyclic) bond motifs is 1. The Kier molecular flexibility index (Phi) is 1.25. The third kappa shape index (κ3) is 0.923. The molecule has 2 heteroatoms. The van der Waals surface area contributed by atoms with E-state index in [2.05, 4.69) is 6.07 Å². The summed E-state index contributed by atoms with van der Waals surface area (Å²) in [6.07, 6.45) is 2.99. The monoisotopic (exact) mass is 145 g/mol. The Morgan fingerprint density at radius 3 is 3.09 bits per heavy atom. The molecule has 1 aliphatic carbocycles. The van der Waals surface area contributed by atoms with Gasteiger partial charge in [0.1, 0.15) is 6.26 Å². The largest absolute Gasteiger partial charge is 0.472 e. The van der Waals surface area contributed by atoms with E-state index in [9.17, 15) is 4.79 Å². The Labute approximate surface area is 63.4 Å². The zero-order chi connectivity index (χ0) is 7.68. The molecule has 53 valence electrons. The lowest BCUT2D eigenvalue weighted by Crippen LogP contribution is -2.01. The van der Waals surface area contributed by atoms with Gasteiger partial charge >= 0.3 is 0 Å². The molecule has 0 spiro atoms. The first-order valence-electron chi connectivity index (χ1n) is 3.24. The van der Waals surface area contributed by atoms with E-state index in [0.717, 1.165) is 5.56 Å². The van der Waals surface area contributed by atoms with Crippen molar-refractivity contribution in [3.63, 3.8) is 0 Å². The molecule has 0 aromatic rings. The van der Waals surface area contributed by atoms with Crippen LogP contribution in [0, 0.1) is 6.07 Å². The van der Waals surface area contributed by atoms with Gasteiger partial charge in [0.05, 0.1) is 11.8 Å².